The molecule has 0 radical (unpaired) electrons. The van der Waals surface area contributed by atoms with Crippen molar-refractivity contribution in [3.8, 4) is 0 Å². The molecule has 1 fully saturated rings. The van der Waals surface area contributed by atoms with E-state index in [1.54, 1.807) is 0 Å². The summed E-state index contributed by atoms with van der Waals surface area (Å²) in [5, 5.41) is 0. The Morgan fingerprint density at radius 1 is 1.56 bits per heavy atom. The average Bonchev–Trinajstić information content (AvgIpc) is 2.58. The highest BCUT2D eigenvalue weighted by molar-refractivity contribution is 9.12. The lowest BCUT2D eigenvalue weighted by molar-refractivity contribution is 1.17. The first kappa shape index (κ1) is 5.66. The summed E-state index contributed by atoms with van der Waals surface area (Å²) in [5.41, 5.74) is 1.31. The van der Waals surface area contributed by atoms with Gasteiger partial charge in [0.15, 0.2) is 0 Å². The Balaban J connectivity index is 2.18. The normalized spacial score (nSPS) is 25.9. The standard InChI is InChI=1S/C7H8BrN/c8-6-3-4-9-7(6)5-1-2-5/h3,5H,1-2,4H2. The van der Waals surface area contributed by atoms with Crippen LogP contribution in [0.4, 0.5) is 0 Å². The summed E-state index contributed by atoms with van der Waals surface area (Å²) in [5.74, 6) is 0.804. The van der Waals surface area contributed by atoms with E-state index in [2.05, 4.69) is 27.0 Å². The van der Waals surface area contributed by atoms with Gasteiger partial charge in [-0.15, -0.1) is 0 Å². The van der Waals surface area contributed by atoms with E-state index < -0.39 is 0 Å². The molecule has 2 heteroatoms. The first-order valence-electron chi connectivity index (χ1n) is 3.28. The Kier molecular flexibility index (Phi) is 1.22. The maximum Gasteiger partial charge on any atom is 0.0588 e. The van der Waals surface area contributed by atoms with Crippen LogP contribution in [0.2, 0.25) is 0 Å². The molecule has 1 nitrogen and oxygen atoms in total. The van der Waals surface area contributed by atoms with Gasteiger partial charge in [0.05, 0.1) is 12.3 Å². The van der Waals surface area contributed by atoms with E-state index in [1.807, 2.05) is 0 Å². The second-order valence-corrected chi connectivity index (χ2v) is 3.41. The third-order valence-corrected chi connectivity index (χ3v) is 2.47. The van der Waals surface area contributed by atoms with E-state index >= 15 is 0 Å². The van der Waals surface area contributed by atoms with Gasteiger partial charge in [-0.05, 0) is 34.8 Å². The van der Waals surface area contributed by atoms with Gasteiger partial charge in [0.2, 0.25) is 0 Å². The van der Waals surface area contributed by atoms with Gasteiger partial charge < -0.3 is 0 Å². The second-order valence-electron chi connectivity index (χ2n) is 2.55. The van der Waals surface area contributed by atoms with E-state index in [4.69, 9.17) is 0 Å². The Labute approximate surface area is 63.0 Å². The molecule has 2 rings (SSSR count). The molecule has 0 bridgehead atoms. The van der Waals surface area contributed by atoms with Gasteiger partial charge in [0.25, 0.3) is 0 Å². The van der Waals surface area contributed by atoms with Gasteiger partial charge in [-0.3, -0.25) is 4.99 Å². The fourth-order valence-corrected chi connectivity index (χ4v) is 1.68. The van der Waals surface area contributed by atoms with Crippen LogP contribution >= 0.6 is 15.9 Å². The van der Waals surface area contributed by atoms with Crippen LogP contribution in [0.3, 0.4) is 0 Å². The van der Waals surface area contributed by atoms with Crippen LogP contribution in [0, 0.1) is 5.92 Å². The number of hydrogen-bond acceptors (Lipinski definition) is 1. The number of halogens is 1. The summed E-state index contributed by atoms with van der Waals surface area (Å²) in [6, 6.07) is 0. The van der Waals surface area contributed by atoms with Crippen LogP contribution in [-0.2, 0) is 0 Å². The molecule has 48 valence electrons. The molecule has 9 heavy (non-hydrogen) atoms. The van der Waals surface area contributed by atoms with Gasteiger partial charge in [0.1, 0.15) is 0 Å². The quantitative estimate of drug-likeness (QED) is 0.594. The third-order valence-electron chi connectivity index (χ3n) is 1.74. The Morgan fingerprint density at radius 2 is 2.33 bits per heavy atom. The van der Waals surface area contributed by atoms with Gasteiger partial charge in [0, 0.05) is 10.4 Å². The predicted molar refractivity (Wildman–Crippen MR) is 42.0 cm³/mol. The molecule has 0 aromatic rings. The maximum atomic E-state index is 4.36. The van der Waals surface area contributed by atoms with Gasteiger partial charge in [-0.25, -0.2) is 0 Å². The fourth-order valence-electron chi connectivity index (χ4n) is 1.09. The van der Waals surface area contributed by atoms with Gasteiger partial charge in [-0.2, -0.15) is 0 Å². The molecule has 0 spiro atoms. The van der Waals surface area contributed by atoms with E-state index in [-0.39, 0.29) is 0 Å². The Morgan fingerprint density at radius 3 is 2.78 bits per heavy atom. The molecule has 0 aromatic heterocycles. The molecular weight excluding hydrogens is 178 g/mol. The third kappa shape index (κ3) is 0.960. The second kappa shape index (κ2) is 1.94. The van der Waals surface area contributed by atoms with Crippen molar-refractivity contribution in [2.45, 2.75) is 12.8 Å². The van der Waals surface area contributed by atoms with Crippen molar-refractivity contribution in [1.29, 1.82) is 0 Å². The maximum absolute atomic E-state index is 4.36. The van der Waals surface area contributed by atoms with Crippen LogP contribution in [0.5, 0.6) is 0 Å². The summed E-state index contributed by atoms with van der Waals surface area (Å²) in [6.45, 7) is 0.895. The number of nitrogens with zero attached hydrogens (tertiary/aromatic N) is 1. The first-order chi connectivity index (χ1) is 4.38. The lowest BCUT2D eigenvalue weighted by atomic mass is 10.2. The van der Waals surface area contributed by atoms with Crippen LogP contribution in [0.25, 0.3) is 0 Å². The first-order valence-corrected chi connectivity index (χ1v) is 4.07. The topological polar surface area (TPSA) is 12.4 Å². The molecule has 0 aromatic carbocycles. The van der Waals surface area contributed by atoms with Crippen LogP contribution in [0.1, 0.15) is 12.8 Å². The molecule has 0 amide bonds. The average molecular weight is 186 g/mol. The van der Waals surface area contributed by atoms with Crippen LogP contribution in [-0.4, -0.2) is 12.3 Å². The highest BCUT2D eigenvalue weighted by Crippen LogP contribution is 2.36. The number of hydrogen-bond donors (Lipinski definition) is 0. The summed E-state index contributed by atoms with van der Waals surface area (Å²) in [6.07, 6.45) is 4.83. The molecule has 1 saturated carbocycles. The molecule has 1 heterocycles. The molecule has 1 aliphatic heterocycles. The van der Waals surface area contributed by atoms with E-state index in [9.17, 15) is 0 Å². The summed E-state index contributed by atoms with van der Waals surface area (Å²) < 4.78 is 1.24. The minimum atomic E-state index is 0.804. The lowest BCUT2D eigenvalue weighted by Gasteiger charge is -1.93. The molecule has 0 atom stereocenters. The molecule has 1 aliphatic carbocycles. The Hall–Kier alpha value is -0.110. The molecular formula is C7H8BrN. The van der Waals surface area contributed by atoms with Crippen molar-refractivity contribution in [2.24, 2.45) is 10.9 Å². The van der Waals surface area contributed by atoms with Gasteiger partial charge in [-0.1, -0.05) is 0 Å². The number of aliphatic imine (C=N–C) groups is 1. The summed E-state index contributed by atoms with van der Waals surface area (Å²) in [4.78, 5) is 4.36. The van der Waals surface area contributed by atoms with Crippen molar-refractivity contribution in [2.75, 3.05) is 6.54 Å². The largest absolute Gasteiger partial charge is 0.284 e. The summed E-state index contributed by atoms with van der Waals surface area (Å²) >= 11 is 3.48. The van der Waals surface area contributed by atoms with Crippen LogP contribution < -0.4 is 0 Å². The minimum absolute atomic E-state index is 0.804. The monoisotopic (exact) mass is 185 g/mol. The van der Waals surface area contributed by atoms with Crippen LogP contribution in [0.15, 0.2) is 15.6 Å². The van der Waals surface area contributed by atoms with Crippen molar-refractivity contribution in [3.05, 3.63) is 10.6 Å². The highest BCUT2D eigenvalue weighted by Gasteiger charge is 2.29. The number of rotatable bonds is 1. The van der Waals surface area contributed by atoms with E-state index in [0.717, 1.165) is 12.5 Å². The number of allylic oxidation sites excluding steroid dienone is 1. The van der Waals surface area contributed by atoms with E-state index in [1.165, 1.54) is 23.0 Å². The van der Waals surface area contributed by atoms with Gasteiger partial charge >= 0.3 is 0 Å². The zero-order valence-electron chi connectivity index (χ0n) is 5.10. The molecule has 2 aliphatic rings. The zero-order valence-corrected chi connectivity index (χ0v) is 6.69. The molecule has 0 saturated heterocycles. The smallest absolute Gasteiger partial charge is 0.0588 e. The summed E-state index contributed by atoms with van der Waals surface area (Å²) in [7, 11) is 0. The Bertz CT molecular complexity index is 189. The molecule has 0 N–H and O–H groups in total. The van der Waals surface area contributed by atoms with Crippen molar-refractivity contribution >= 4 is 21.6 Å². The molecule has 0 unspecified atom stereocenters. The SMILES string of the molecule is BrC1=CCN=C1C1CC1. The van der Waals surface area contributed by atoms with Crippen molar-refractivity contribution in [1.82, 2.24) is 0 Å². The fraction of sp³-hybridized carbons (Fsp3) is 0.571. The zero-order chi connectivity index (χ0) is 6.27. The lowest BCUT2D eigenvalue weighted by Crippen LogP contribution is -1.95. The van der Waals surface area contributed by atoms with Crippen molar-refractivity contribution < 1.29 is 0 Å². The predicted octanol–water partition coefficient (Wildman–Crippen LogP) is 2.13. The highest BCUT2D eigenvalue weighted by atomic mass is 79.9. The van der Waals surface area contributed by atoms with E-state index in [0.29, 0.717) is 0 Å². The van der Waals surface area contributed by atoms with Crippen molar-refractivity contribution in [3.63, 3.8) is 0 Å². The minimum Gasteiger partial charge on any atom is -0.284 e.